The number of rotatable bonds is 5. The number of fused-ring (bicyclic) bond motifs is 1. The lowest BCUT2D eigenvalue weighted by Gasteiger charge is -2.14. The second-order valence-corrected chi connectivity index (χ2v) is 6.89. The van der Waals surface area contributed by atoms with Gasteiger partial charge in [-0.1, -0.05) is 6.07 Å². The number of carbonyl (C=O) groups is 1. The molecule has 25 heavy (non-hydrogen) atoms. The van der Waals surface area contributed by atoms with E-state index in [4.69, 9.17) is 9.15 Å². The molecule has 0 saturated heterocycles. The van der Waals surface area contributed by atoms with E-state index in [-0.39, 0.29) is 18.6 Å². The van der Waals surface area contributed by atoms with Crippen LogP contribution in [0.25, 0.3) is 11.0 Å². The van der Waals surface area contributed by atoms with E-state index in [0.29, 0.717) is 16.9 Å². The Labute approximate surface area is 149 Å². The molecule has 1 amide bonds. The van der Waals surface area contributed by atoms with Crippen LogP contribution in [-0.2, 0) is 4.79 Å². The minimum absolute atomic E-state index is 0.0607. The topological polar surface area (TPSA) is 68.5 Å². The predicted molar refractivity (Wildman–Crippen MR) is 98.3 cm³/mol. The summed E-state index contributed by atoms with van der Waals surface area (Å²) in [6.45, 7) is 5.51. The molecule has 1 N–H and O–H groups in total. The van der Waals surface area contributed by atoms with Crippen LogP contribution in [0.1, 0.15) is 29.0 Å². The van der Waals surface area contributed by atoms with Gasteiger partial charge in [-0.15, -0.1) is 11.3 Å². The Morgan fingerprint density at radius 3 is 2.84 bits per heavy atom. The number of nitrogens with one attached hydrogen (secondary N) is 1. The van der Waals surface area contributed by atoms with Crippen LogP contribution in [0.3, 0.4) is 0 Å². The monoisotopic (exact) mass is 357 g/mol. The molecule has 1 aromatic carbocycles. The van der Waals surface area contributed by atoms with Crippen LogP contribution in [0.5, 0.6) is 5.75 Å². The molecule has 0 radical (unpaired) electrons. The maximum atomic E-state index is 12.1. The van der Waals surface area contributed by atoms with Crippen molar-refractivity contribution in [2.75, 3.05) is 6.61 Å². The van der Waals surface area contributed by atoms with Crippen LogP contribution in [0.2, 0.25) is 0 Å². The van der Waals surface area contributed by atoms with Crippen molar-refractivity contribution in [3.05, 3.63) is 62.1 Å². The second-order valence-electron chi connectivity index (χ2n) is 5.91. The first-order chi connectivity index (χ1) is 12.0. The van der Waals surface area contributed by atoms with Crippen molar-refractivity contribution in [1.29, 1.82) is 0 Å². The highest BCUT2D eigenvalue weighted by Crippen LogP contribution is 2.28. The second kappa shape index (κ2) is 7.11. The lowest BCUT2D eigenvalue weighted by atomic mass is 10.1. The van der Waals surface area contributed by atoms with Gasteiger partial charge in [-0.2, -0.15) is 0 Å². The Balaban J connectivity index is 1.72. The van der Waals surface area contributed by atoms with Gasteiger partial charge < -0.3 is 14.5 Å². The summed E-state index contributed by atoms with van der Waals surface area (Å²) >= 11 is 1.60. The van der Waals surface area contributed by atoms with Gasteiger partial charge in [0.2, 0.25) is 0 Å². The van der Waals surface area contributed by atoms with Crippen molar-refractivity contribution in [3.63, 3.8) is 0 Å². The fraction of sp³-hybridized carbons (Fsp3) is 0.263. The summed E-state index contributed by atoms with van der Waals surface area (Å²) in [7, 11) is 0. The largest absolute Gasteiger partial charge is 0.483 e. The third-order valence-electron chi connectivity index (χ3n) is 4.02. The van der Waals surface area contributed by atoms with Crippen molar-refractivity contribution < 1.29 is 13.9 Å². The van der Waals surface area contributed by atoms with Gasteiger partial charge in [0, 0.05) is 21.9 Å². The average molecular weight is 357 g/mol. The number of thiophene rings is 1. The summed E-state index contributed by atoms with van der Waals surface area (Å²) in [4.78, 5) is 24.8. The van der Waals surface area contributed by atoms with Gasteiger partial charge in [0.05, 0.1) is 6.04 Å². The Kier molecular flexibility index (Phi) is 4.90. The zero-order chi connectivity index (χ0) is 18.0. The number of carbonyl (C=O) groups excluding carboxylic acids is 1. The van der Waals surface area contributed by atoms with E-state index in [0.717, 1.165) is 15.8 Å². The number of hydrogen-bond acceptors (Lipinski definition) is 5. The molecular formula is C19H19NO4S. The highest BCUT2D eigenvalue weighted by atomic mass is 32.1. The van der Waals surface area contributed by atoms with Crippen LogP contribution in [0.4, 0.5) is 0 Å². The minimum Gasteiger partial charge on any atom is -0.483 e. The number of benzene rings is 1. The van der Waals surface area contributed by atoms with Crippen molar-refractivity contribution in [2.45, 2.75) is 26.8 Å². The first-order valence-corrected chi connectivity index (χ1v) is 8.83. The Morgan fingerprint density at radius 2 is 2.12 bits per heavy atom. The van der Waals surface area contributed by atoms with E-state index in [1.165, 1.54) is 6.07 Å². The number of aryl methyl sites for hydroxylation is 2. The van der Waals surface area contributed by atoms with E-state index in [9.17, 15) is 9.59 Å². The Morgan fingerprint density at radius 1 is 1.32 bits per heavy atom. The Hall–Kier alpha value is -2.60. The SMILES string of the molecule is Cc1cc(=O)oc2c(C)c(OCC(=O)N[C@H](C)c3cccs3)ccc12. The van der Waals surface area contributed by atoms with Crippen LogP contribution in [0.15, 0.2) is 44.9 Å². The van der Waals surface area contributed by atoms with Gasteiger partial charge in [-0.3, -0.25) is 4.79 Å². The highest BCUT2D eigenvalue weighted by Gasteiger charge is 2.13. The predicted octanol–water partition coefficient (Wildman–Crippen LogP) is 3.73. The number of ether oxygens (including phenoxy) is 1. The van der Waals surface area contributed by atoms with E-state index in [2.05, 4.69) is 5.32 Å². The molecule has 0 bridgehead atoms. The van der Waals surface area contributed by atoms with E-state index < -0.39 is 5.63 Å². The van der Waals surface area contributed by atoms with Crippen molar-refractivity contribution in [3.8, 4) is 5.75 Å². The minimum atomic E-state index is -0.396. The summed E-state index contributed by atoms with van der Waals surface area (Å²) in [5.74, 6) is 0.325. The molecule has 0 aliphatic carbocycles. The Bertz CT molecular complexity index is 959. The molecule has 0 aliphatic rings. The van der Waals surface area contributed by atoms with Gasteiger partial charge >= 0.3 is 5.63 Å². The molecule has 0 aliphatic heterocycles. The smallest absolute Gasteiger partial charge is 0.336 e. The molecule has 0 unspecified atom stereocenters. The highest BCUT2D eigenvalue weighted by molar-refractivity contribution is 7.10. The zero-order valence-corrected chi connectivity index (χ0v) is 15.1. The summed E-state index contributed by atoms with van der Waals surface area (Å²) in [5, 5.41) is 5.74. The average Bonchev–Trinajstić information content (AvgIpc) is 3.09. The van der Waals surface area contributed by atoms with Crippen LogP contribution < -0.4 is 15.7 Å². The summed E-state index contributed by atoms with van der Waals surface area (Å²) < 4.78 is 10.9. The normalized spacial score (nSPS) is 12.1. The van der Waals surface area contributed by atoms with Gasteiger partial charge in [-0.25, -0.2) is 4.79 Å². The molecule has 3 rings (SSSR count). The van der Waals surface area contributed by atoms with Crippen LogP contribution in [0, 0.1) is 13.8 Å². The molecule has 0 fully saturated rings. The molecule has 5 nitrogen and oxygen atoms in total. The molecule has 0 saturated carbocycles. The number of amides is 1. The molecule has 0 spiro atoms. The van der Waals surface area contributed by atoms with E-state index in [1.807, 2.05) is 44.4 Å². The summed E-state index contributed by atoms with van der Waals surface area (Å²) in [6, 6.07) is 8.96. The lowest BCUT2D eigenvalue weighted by molar-refractivity contribution is -0.123. The maximum absolute atomic E-state index is 12.1. The summed E-state index contributed by atoms with van der Waals surface area (Å²) in [5.41, 5.74) is 1.66. The molecule has 1 atom stereocenters. The van der Waals surface area contributed by atoms with Gasteiger partial charge in [-0.05, 0) is 49.9 Å². The van der Waals surface area contributed by atoms with Crippen LogP contribution >= 0.6 is 11.3 Å². The van der Waals surface area contributed by atoms with E-state index >= 15 is 0 Å². The quantitative estimate of drug-likeness (QED) is 0.707. The molecule has 2 aromatic heterocycles. The zero-order valence-electron chi connectivity index (χ0n) is 14.3. The third-order valence-corrected chi connectivity index (χ3v) is 5.08. The fourth-order valence-corrected chi connectivity index (χ4v) is 3.43. The van der Waals surface area contributed by atoms with Gasteiger partial charge in [0.1, 0.15) is 11.3 Å². The van der Waals surface area contributed by atoms with E-state index in [1.54, 1.807) is 17.4 Å². The number of hydrogen-bond donors (Lipinski definition) is 1. The molecule has 3 aromatic rings. The van der Waals surface area contributed by atoms with Crippen molar-refractivity contribution in [2.24, 2.45) is 0 Å². The first-order valence-electron chi connectivity index (χ1n) is 7.95. The third kappa shape index (κ3) is 3.74. The molecular weight excluding hydrogens is 338 g/mol. The molecule has 6 heteroatoms. The van der Waals surface area contributed by atoms with Crippen LogP contribution in [-0.4, -0.2) is 12.5 Å². The first kappa shape index (κ1) is 17.2. The molecule has 130 valence electrons. The van der Waals surface area contributed by atoms with Gasteiger partial charge in [0.15, 0.2) is 6.61 Å². The fourth-order valence-electron chi connectivity index (χ4n) is 2.69. The lowest BCUT2D eigenvalue weighted by Crippen LogP contribution is -2.31. The maximum Gasteiger partial charge on any atom is 0.336 e. The molecule has 2 heterocycles. The van der Waals surface area contributed by atoms with Crippen molar-refractivity contribution >= 4 is 28.2 Å². The summed E-state index contributed by atoms with van der Waals surface area (Å²) in [6.07, 6.45) is 0. The van der Waals surface area contributed by atoms with Gasteiger partial charge in [0.25, 0.3) is 5.91 Å². The standard InChI is InChI=1S/C19H19NO4S/c1-11-9-18(22)24-19-12(2)15(7-6-14(11)19)23-10-17(21)20-13(3)16-5-4-8-25-16/h4-9,13H,10H2,1-3H3,(H,20,21)/t13-/m1/s1. The van der Waals surface area contributed by atoms with Crippen molar-refractivity contribution in [1.82, 2.24) is 5.32 Å².